The first-order valence-corrected chi connectivity index (χ1v) is 5.49. The molecule has 0 atom stereocenters. The van der Waals surface area contributed by atoms with E-state index in [1.165, 1.54) is 0 Å². The summed E-state index contributed by atoms with van der Waals surface area (Å²) < 4.78 is 5.06. The number of aromatic amines is 1. The molecule has 0 aliphatic heterocycles. The van der Waals surface area contributed by atoms with Crippen molar-refractivity contribution in [2.75, 3.05) is 5.73 Å². The minimum atomic E-state index is 0.119. The molecule has 2 heterocycles. The Morgan fingerprint density at radius 2 is 2.00 bits per heavy atom. The van der Waals surface area contributed by atoms with Gasteiger partial charge in [0.05, 0.1) is 0 Å². The maximum atomic E-state index is 9.20. The molecule has 0 aliphatic rings. The van der Waals surface area contributed by atoms with Gasteiger partial charge in [0.25, 0.3) is 5.89 Å². The Bertz CT molecular complexity index is 687. The number of phenolic OH excluding ortho intramolecular Hbond substituents is 1. The van der Waals surface area contributed by atoms with Crippen molar-refractivity contribution in [2.45, 2.75) is 6.42 Å². The average Bonchev–Trinajstić information content (AvgIpc) is 3.01. The summed E-state index contributed by atoms with van der Waals surface area (Å²) in [7, 11) is 0. The molecule has 8 nitrogen and oxygen atoms in total. The van der Waals surface area contributed by atoms with Crippen LogP contribution in [0.2, 0.25) is 0 Å². The van der Waals surface area contributed by atoms with Crippen LogP contribution in [0.3, 0.4) is 0 Å². The molecule has 0 saturated heterocycles. The van der Waals surface area contributed by atoms with Crippen molar-refractivity contribution in [1.29, 1.82) is 0 Å². The molecule has 3 aromatic rings. The summed E-state index contributed by atoms with van der Waals surface area (Å²) in [5.41, 5.74) is 6.35. The van der Waals surface area contributed by atoms with Gasteiger partial charge >= 0.3 is 0 Å². The molecule has 3 rings (SSSR count). The van der Waals surface area contributed by atoms with E-state index in [1.807, 2.05) is 0 Å². The van der Waals surface area contributed by atoms with Gasteiger partial charge in [-0.05, 0) is 17.7 Å². The van der Waals surface area contributed by atoms with E-state index in [0.29, 0.717) is 18.1 Å². The number of rotatable bonds is 3. The maximum absolute atomic E-state index is 9.20. The number of aromatic hydroxyl groups is 1. The summed E-state index contributed by atoms with van der Waals surface area (Å²) in [4.78, 5) is 8.08. The molecule has 4 N–H and O–H groups in total. The predicted octanol–water partition coefficient (Wildman–Crippen LogP) is 0.733. The number of nitrogens with two attached hydrogens (primary N) is 1. The number of nitrogens with one attached hydrogen (secondary N) is 1. The van der Waals surface area contributed by atoms with Crippen molar-refractivity contribution in [2.24, 2.45) is 0 Å². The van der Waals surface area contributed by atoms with Crippen LogP contribution in [0.5, 0.6) is 5.75 Å². The van der Waals surface area contributed by atoms with E-state index in [0.717, 1.165) is 5.56 Å². The van der Waals surface area contributed by atoms with Crippen LogP contribution in [0.1, 0.15) is 11.4 Å². The fraction of sp³-hybridized carbons (Fsp3) is 0.0909. The predicted molar refractivity (Wildman–Crippen MR) is 65.0 cm³/mol. The molecule has 8 heteroatoms. The lowest BCUT2D eigenvalue weighted by molar-refractivity contribution is 0.421. The summed E-state index contributed by atoms with van der Waals surface area (Å²) in [6.07, 6.45) is 0.493. The number of phenols is 1. The van der Waals surface area contributed by atoms with Crippen LogP contribution in [0, 0.1) is 0 Å². The monoisotopic (exact) mass is 258 g/mol. The third-order valence-corrected chi connectivity index (χ3v) is 2.47. The fourth-order valence-corrected chi connectivity index (χ4v) is 1.59. The molecule has 2 aromatic heterocycles. The van der Waals surface area contributed by atoms with Gasteiger partial charge in [0.15, 0.2) is 5.82 Å². The van der Waals surface area contributed by atoms with Crippen molar-refractivity contribution in [3.63, 3.8) is 0 Å². The number of anilines is 1. The molecule has 1 aromatic carbocycles. The topological polar surface area (TPSA) is 127 Å². The average molecular weight is 258 g/mol. The fourth-order valence-electron chi connectivity index (χ4n) is 1.59. The zero-order valence-electron chi connectivity index (χ0n) is 9.74. The third-order valence-electron chi connectivity index (χ3n) is 2.47. The second-order valence-electron chi connectivity index (χ2n) is 3.90. The van der Waals surface area contributed by atoms with Crippen LogP contribution in [0.4, 0.5) is 5.95 Å². The normalized spacial score (nSPS) is 10.7. The van der Waals surface area contributed by atoms with Crippen LogP contribution in [-0.2, 0) is 6.42 Å². The molecule has 96 valence electrons. The molecular weight excluding hydrogens is 248 g/mol. The van der Waals surface area contributed by atoms with E-state index in [4.69, 9.17) is 10.3 Å². The van der Waals surface area contributed by atoms with E-state index in [1.54, 1.807) is 24.3 Å². The van der Waals surface area contributed by atoms with Gasteiger partial charge in [0.2, 0.25) is 11.8 Å². The van der Waals surface area contributed by atoms with Crippen molar-refractivity contribution in [1.82, 2.24) is 25.3 Å². The van der Waals surface area contributed by atoms with E-state index in [2.05, 4.69) is 25.3 Å². The number of hydrogen-bond donors (Lipinski definition) is 3. The number of nitrogens with zero attached hydrogens (tertiary/aromatic N) is 4. The van der Waals surface area contributed by atoms with E-state index in [-0.39, 0.29) is 17.6 Å². The maximum Gasteiger partial charge on any atom is 0.295 e. The third kappa shape index (κ3) is 2.37. The molecule has 0 radical (unpaired) electrons. The summed E-state index contributed by atoms with van der Waals surface area (Å²) >= 11 is 0. The van der Waals surface area contributed by atoms with Crippen molar-refractivity contribution < 1.29 is 9.63 Å². The lowest BCUT2D eigenvalue weighted by Crippen LogP contribution is -1.90. The quantitative estimate of drug-likeness (QED) is 0.632. The minimum Gasteiger partial charge on any atom is -0.508 e. The highest BCUT2D eigenvalue weighted by molar-refractivity contribution is 5.41. The Balaban J connectivity index is 1.80. The van der Waals surface area contributed by atoms with E-state index >= 15 is 0 Å². The molecule has 0 fully saturated rings. The highest BCUT2D eigenvalue weighted by Gasteiger charge is 2.12. The zero-order chi connectivity index (χ0) is 13.2. The Hall–Kier alpha value is -2.90. The number of hydrogen-bond acceptors (Lipinski definition) is 7. The van der Waals surface area contributed by atoms with Crippen molar-refractivity contribution >= 4 is 5.95 Å². The van der Waals surface area contributed by atoms with Crippen molar-refractivity contribution in [3.8, 4) is 17.5 Å². The lowest BCUT2D eigenvalue weighted by Gasteiger charge is -1.96. The summed E-state index contributed by atoms with van der Waals surface area (Å²) in [5, 5.41) is 19.3. The molecule has 0 bridgehead atoms. The van der Waals surface area contributed by atoms with Crippen molar-refractivity contribution in [3.05, 3.63) is 35.7 Å². The number of H-pyrrole nitrogens is 1. The lowest BCUT2D eigenvalue weighted by atomic mass is 10.1. The minimum absolute atomic E-state index is 0.119. The van der Waals surface area contributed by atoms with Gasteiger partial charge in [-0.3, -0.25) is 5.10 Å². The van der Waals surface area contributed by atoms with Crippen LogP contribution in [-0.4, -0.2) is 30.4 Å². The van der Waals surface area contributed by atoms with Gasteiger partial charge in [0, 0.05) is 6.42 Å². The second kappa shape index (κ2) is 4.41. The highest BCUT2D eigenvalue weighted by Crippen LogP contribution is 2.15. The van der Waals surface area contributed by atoms with Crippen LogP contribution in [0.25, 0.3) is 11.7 Å². The van der Waals surface area contributed by atoms with Gasteiger partial charge in [-0.15, -0.1) is 5.10 Å². The van der Waals surface area contributed by atoms with Crippen LogP contribution in [0.15, 0.2) is 28.8 Å². The first-order chi connectivity index (χ1) is 9.20. The largest absolute Gasteiger partial charge is 0.508 e. The molecule has 0 spiro atoms. The second-order valence-corrected chi connectivity index (χ2v) is 3.90. The Kier molecular flexibility index (Phi) is 2.60. The molecule has 0 unspecified atom stereocenters. The van der Waals surface area contributed by atoms with E-state index < -0.39 is 0 Å². The molecule has 0 amide bonds. The highest BCUT2D eigenvalue weighted by atomic mass is 16.5. The Morgan fingerprint density at radius 1 is 1.21 bits per heavy atom. The van der Waals surface area contributed by atoms with Gasteiger partial charge in [0.1, 0.15) is 5.75 Å². The smallest absolute Gasteiger partial charge is 0.295 e. The SMILES string of the molecule is Nc1n[nH]c(-c2nc(Cc3ccc(O)cc3)no2)n1. The summed E-state index contributed by atoms with van der Waals surface area (Å²) in [6, 6.07) is 6.79. The standard InChI is InChI=1S/C11H10N6O2/c12-11-14-9(15-16-11)10-13-8(17-19-10)5-6-1-3-7(18)4-2-6/h1-4,18H,5H2,(H3,12,14,15,16). The Morgan fingerprint density at radius 3 is 2.68 bits per heavy atom. The first-order valence-electron chi connectivity index (χ1n) is 5.49. The summed E-state index contributed by atoms with van der Waals surface area (Å²) in [5.74, 6) is 1.42. The number of nitrogen functional groups attached to an aromatic ring is 1. The van der Waals surface area contributed by atoms with E-state index in [9.17, 15) is 5.11 Å². The molecule has 19 heavy (non-hydrogen) atoms. The molecule has 0 saturated carbocycles. The van der Waals surface area contributed by atoms with Crippen LogP contribution >= 0.6 is 0 Å². The van der Waals surface area contributed by atoms with Gasteiger partial charge in [-0.1, -0.05) is 17.3 Å². The summed E-state index contributed by atoms with van der Waals surface area (Å²) in [6.45, 7) is 0. The van der Waals surface area contributed by atoms with Gasteiger partial charge in [-0.25, -0.2) is 0 Å². The van der Waals surface area contributed by atoms with Gasteiger partial charge in [-0.2, -0.15) is 9.97 Å². The molecule has 0 aliphatic carbocycles. The van der Waals surface area contributed by atoms with Gasteiger partial charge < -0.3 is 15.4 Å². The first kappa shape index (κ1) is 11.2. The number of benzene rings is 1. The zero-order valence-corrected chi connectivity index (χ0v) is 9.74. The number of aromatic nitrogens is 5. The Labute approximate surface area is 107 Å². The molecular formula is C11H10N6O2. The van der Waals surface area contributed by atoms with Crippen LogP contribution < -0.4 is 5.73 Å².